The lowest BCUT2D eigenvalue weighted by Crippen LogP contribution is -2.06. The first-order valence-corrected chi connectivity index (χ1v) is 2.59. The molecule has 0 unspecified atom stereocenters. The number of hydrogen-bond acceptors (Lipinski definition) is 2. The molecule has 5 heteroatoms. The van der Waals surface area contributed by atoms with Gasteiger partial charge < -0.3 is 0 Å². The van der Waals surface area contributed by atoms with Crippen molar-refractivity contribution < 1.29 is 4.48 Å². The van der Waals surface area contributed by atoms with Crippen molar-refractivity contribution in [1.29, 1.82) is 0 Å². The number of aromatic amines is 1. The highest BCUT2D eigenvalue weighted by Gasteiger charge is 1.85. The van der Waals surface area contributed by atoms with Gasteiger partial charge in [0.1, 0.15) is 0 Å². The number of nitrogens with one attached hydrogen (secondary N) is 1. The summed E-state index contributed by atoms with van der Waals surface area (Å²) >= 11 is 4.37. The molecule has 3 nitrogen and oxygen atoms in total. The normalized spacial score (nSPS) is 9.44. The van der Waals surface area contributed by atoms with Crippen LogP contribution in [0, 0.1) is 4.77 Å². The Morgan fingerprint density at radius 1 is 1.78 bits per heavy atom. The third-order valence-corrected chi connectivity index (χ3v) is 1.06. The first-order valence-electron chi connectivity index (χ1n) is 2.18. The van der Waals surface area contributed by atoms with Crippen LogP contribution in [0.4, 0.5) is 4.48 Å². The molecule has 0 saturated heterocycles. The summed E-state index contributed by atoms with van der Waals surface area (Å²) in [6.07, 6.45) is 0.959. The molecule has 0 amide bonds. The molecule has 0 saturated carbocycles. The summed E-state index contributed by atoms with van der Waals surface area (Å²) in [5.41, 5.74) is -0.395. The monoisotopic (exact) mass is 146 g/mol. The Morgan fingerprint density at radius 2 is 2.44 bits per heavy atom. The van der Waals surface area contributed by atoms with Crippen LogP contribution in [0.25, 0.3) is 0 Å². The van der Waals surface area contributed by atoms with E-state index in [1.807, 2.05) is 0 Å². The van der Waals surface area contributed by atoms with Crippen LogP contribution < -0.4 is 5.56 Å². The molecule has 0 aliphatic rings. The topological polar surface area (TPSA) is 37.8 Å². The summed E-state index contributed by atoms with van der Waals surface area (Å²) in [7, 11) is 0. The molecule has 1 rings (SSSR count). The zero-order valence-electron chi connectivity index (χ0n) is 4.30. The fourth-order valence-electron chi connectivity index (χ4n) is 0.401. The minimum atomic E-state index is -0.395. The molecule has 0 aromatic carbocycles. The summed E-state index contributed by atoms with van der Waals surface area (Å²) in [5.74, 6) is 0. The highest BCUT2D eigenvalue weighted by atomic mass is 32.1. The molecule has 0 bridgehead atoms. The largest absolute Gasteiger partial charge is 0.297 e. The standard InChI is InChI=1S/C4H3FN2OS/c5-7-2-1-3(8)6-4(7)9/h1-2H,(H,6,8,9). The minimum Gasteiger partial charge on any atom is -0.297 e. The molecule has 0 spiro atoms. The zero-order valence-corrected chi connectivity index (χ0v) is 5.11. The van der Waals surface area contributed by atoms with Gasteiger partial charge in [0.2, 0.25) is 4.77 Å². The lowest BCUT2D eigenvalue weighted by atomic mass is 10.7. The first-order chi connectivity index (χ1) is 4.20. The maximum absolute atomic E-state index is 12.1. The van der Waals surface area contributed by atoms with Gasteiger partial charge in [-0.25, -0.2) is 0 Å². The van der Waals surface area contributed by atoms with Gasteiger partial charge in [-0.15, -0.1) is 0 Å². The van der Waals surface area contributed by atoms with Crippen LogP contribution in [0.5, 0.6) is 0 Å². The molecule has 9 heavy (non-hydrogen) atoms. The number of rotatable bonds is 0. The Morgan fingerprint density at radius 3 is 2.89 bits per heavy atom. The van der Waals surface area contributed by atoms with E-state index < -0.39 is 5.56 Å². The number of aromatic nitrogens is 2. The summed E-state index contributed by atoms with van der Waals surface area (Å²) in [4.78, 5) is 12.6. The molecule has 0 aliphatic heterocycles. The molecule has 0 radical (unpaired) electrons. The second kappa shape index (κ2) is 2.10. The van der Waals surface area contributed by atoms with Gasteiger partial charge >= 0.3 is 0 Å². The highest BCUT2D eigenvalue weighted by Crippen LogP contribution is 1.81. The predicted octanol–water partition coefficient (Wildman–Crippen LogP) is 0.638. The van der Waals surface area contributed by atoms with Crippen LogP contribution in [-0.4, -0.2) is 9.77 Å². The van der Waals surface area contributed by atoms with Crippen molar-refractivity contribution in [1.82, 2.24) is 9.77 Å². The van der Waals surface area contributed by atoms with E-state index in [9.17, 15) is 9.28 Å². The van der Waals surface area contributed by atoms with Crippen LogP contribution in [-0.2, 0) is 0 Å². The Bertz CT molecular complexity index is 315. The van der Waals surface area contributed by atoms with Gasteiger partial charge in [0, 0.05) is 12.3 Å². The molecule has 1 aromatic rings. The van der Waals surface area contributed by atoms with Crippen LogP contribution in [0.3, 0.4) is 0 Å². The smallest absolute Gasteiger partial charge is 0.251 e. The second-order valence-electron chi connectivity index (χ2n) is 1.42. The van der Waals surface area contributed by atoms with Gasteiger partial charge in [-0.05, 0) is 12.2 Å². The maximum atomic E-state index is 12.1. The first kappa shape index (κ1) is 6.15. The Kier molecular flexibility index (Phi) is 1.44. The molecule has 0 aliphatic carbocycles. The zero-order chi connectivity index (χ0) is 6.85. The minimum absolute atomic E-state index is 0.163. The van der Waals surface area contributed by atoms with E-state index in [1.165, 1.54) is 0 Å². The molecule has 0 fully saturated rings. The third-order valence-electron chi connectivity index (χ3n) is 0.781. The molecule has 1 aromatic heterocycles. The molecule has 48 valence electrons. The van der Waals surface area contributed by atoms with Gasteiger partial charge in [0.25, 0.3) is 5.56 Å². The summed E-state index contributed by atoms with van der Waals surface area (Å²) in [5, 5.41) is 0. The van der Waals surface area contributed by atoms with Gasteiger partial charge in [-0.2, -0.15) is 4.79 Å². The van der Waals surface area contributed by atoms with E-state index in [0.717, 1.165) is 12.3 Å². The number of H-pyrrole nitrogens is 1. The van der Waals surface area contributed by atoms with Gasteiger partial charge in [-0.3, -0.25) is 9.78 Å². The summed E-state index contributed by atoms with van der Waals surface area (Å²) in [6, 6.07) is 1.05. The highest BCUT2D eigenvalue weighted by molar-refractivity contribution is 7.71. The average molecular weight is 146 g/mol. The van der Waals surface area contributed by atoms with Crippen molar-refractivity contribution >= 4 is 12.2 Å². The Balaban J connectivity index is 3.52. The van der Waals surface area contributed by atoms with E-state index in [2.05, 4.69) is 17.2 Å². The van der Waals surface area contributed by atoms with Crippen LogP contribution >= 0.6 is 12.2 Å². The second-order valence-corrected chi connectivity index (χ2v) is 1.81. The van der Waals surface area contributed by atoms with E-state index >= 15 is 0 Å². The Hall–Kier alpha value is -0.970. The van der Waals surface area contributed by atoms with Crippen molar-refractivity contribution in [2.75, 3.05) is 0 Å². The lowest BCUT2D eigenvalue weighted by Gasteiger charge is -1.87. The van der Waals surface area contributed by atoms with Crippen LogP contribution in [0.15, 0.2) is 17.1 Å². The molecule has 1 heterocycles. The number of nitrogens with zero attached hydrogens (tertiary/aromatic N) is 1. The van der Waals surface area contributed by atoms with E-state index in [0.29, 0.717) is 0 Å². The van der Waals surface area contributed by atoms with Crippen LogP contribution in [0.2, 0.25) is 0 Å². The summed E-state index contributed by atoms with van der Waals surface area (Å²) in [6.45, 7) is 0. The molecule has 1 N–H and O–H groups in total. The van der Waals surface area contributed by atoms with Crippen molar-refractivity contribution in [3.8, 4) is 0 Å². The third kappa shape index (κ3) is 1.23. The van der Waals surface area contributed by atoms with E-state index in [4.69, 9.17) is 0 Å². The maximum Gasteiger partial charge on any atom is 0.251 e. The molecular formula is C4H3FN2OS. The summed E-state index contributed by atoms with van der Waals surface area (Å²) < 4.78 is 11.9. The van der Waals surface area contributed by atoms with E-state index in [-0.39, 0.29) is 9.56 Å². The quantitative estimate of drug-likeness (QED) is 0.545. The Labute approximate surface area is 54.7 Å². The molecular weight excluding hydrogens is 143 g/mol. The van der Waals surface area contributed by atoms with Gasteiger partial charge in [0.15, 0.2) is 0 Å². The number of halogens is 1. The van der Waals surface area contributed by atoms with E-state index in [1.54, 1.807) is 0 Å². The van der Waals surface area contributed by atoms with Crippen LogP contribution in [0.1, 0.15) is 0 Å². The average Bonchev–Trinajstić information content (AvgIpc) is 1.80. The van der Waals surface area contributed by atoms with Crippen molar-refractivity contribution in [3.05, 3.63) is 27.4 Å². The van der Waals surface area contributed by atoms with Crippen molar-refractivity contribution in [2.45, 2.75) is 0 Å². The van der Waals surface area contributed by atoms with Gasteiger partial charge in [0.05, 0.1) is 0 Å². The predicted molar refractivity (Wildman–Crippen MR) is 32.4 cm³/mol. The van der Waals surface area contributed by atoms with Crippen molar-refractivity contribution in [3.63, 3.8) is 0 Å². The van der Waals surface area contributed by atoms with Gasteiger partial charge in [-0.1, -0.05) is 4.48 Å². The molecule has 0 atom stereocenters. The SMILES string of the molecule is O=c1ccn(F)c(=S)[nH]1. The number of hydrogen-bond donors (Lipinski definition) is 1. The van der Waals surface area contributed by atoms with Crippen molar-refractivity contribution in [2.24, 2.45) is 0 Å². The fourth-order valence-corrected chi connectivity index (χ4v) is 0.563. The fraction of sp³-hybridized carbons (Fsp3) is 0. The lowest BCUT2D eigenvalue weighted by molar-refractivity contribution is 0.352.